The molecule has 0 spiro atoms. The van der Waals surface area contributed by atoms with Crippen molar-refractivity contribution in [1.29, 1.82) is 0 Å². The summed E-state index contributed by atoms with van der Waals surface area (Å²) in [6, 6.07) is 7.72. The first-order valence-corrected chi connectivity index (χ1v) is 5.61. The first kappa shape index (κ1) is 11.6. The molecule has 0 amide bonds. The summed E-state index contributed by atoms with van der Waals surface area (Å²) in [6.45, 7) is 2.60. The monoisotopic (exact) mass is 247 g/mol. The molecular formula is C12H13N3OS. The maximum absolute atomic E-state index is 5.67. The topological polar surface area (TPSA) is 64.1 Å². The number of hydrogen-bond donors (Lipinski definition) is 2. The minimum Gasteiger partial charge on any atom is -0.389 e. The van der Waals surface area contributed by atoms with Gasteiger partial charge in [0.1, 0.15) is 16.9 Å². The second kappa shape index (κ2) is 4.97. The van der Waals surface area contributed by atoms with Crippen LogP contribution < -0.4 is 11.1 Å². The van der Waals surface area contributed by atoms with Crippen molar-refractivity contribution in [3.8, 4) is 0 Å². The van der Waals surface area contributed by atoms with Gasteiger partial charge in [0.15, 0.2) is 0 Å². The van der Waals surface area contributed by atoms with Crippen molar-refractivity contribution in [3.05, 3.63) is 47.3 Å². The van der Waals surface area contributed by atoms with E-state index in [0.717, 1.165) is 22.5 Å². The van der Waals surface area contributed by atoms with Crippen molar-refractivity contribution in [2.24, 2.45) is 5.73 Å². The van der Waals surface area contributed by atoms with Crippen molar-refractivity contribution in [1.82, 2.24) is 5.16 Å². The highest BCUT2D eigenvalue weighted by Gasteiger charge is 2.05. The SMILES string of the molecule is Cc1ccc(C(N)=S)c(NCc2ccon2)c1. The highest BCUT2D eigenvalue weighted by Crippen LogP contribution is 2.18. The summed E-state index contributed by atoms with van der Waals surface area (Å²) in [5, 5.41) is 7.07. The summed E-state index contributed by atoms with van der Waals surface area (Å²) >= 11 is 5.01. The van der Waals surface area contributed by atoms with Crippen molar-refractivity contribution in [3.63, 3.8) is 0 Å². The van der Waals surface area contributed by atoms with Gasteiger partial charge in [0.05, 0.1) is 6.54 Å². The van der Waals surface area contributed by atoms with Gasteiger partial charge in [-0.25, -0.2) is 0 Å². The molecule has 17 heavy (non-hydrogen) atoms. The van der Waals surface area contributed by atoms with Crippen LogP contribution in [0.5, 0.6) is 0 Å². The lowest BCUT2D eigenvalue weighted by atomic mass is 10.1. The van der Waals surface area contributed by atoms with Crippen LogP contribution in [-0.4, -0.2) is 10.1 Å². The van der Waals surface area contributed by atoms with Crippen molar-refractivity contribution in [2.75, 3.05) is 5.32 Å². The number of nitrogens with zero attached hydrogens (tertiary/aromatic N) is 1. The minimum absolute atomic E-state index is 0.382. The van der Waals surface area contributed by atoms with Gasteiger partial charge in [-0.1, -0.05) is 23.4 Å². The molecule has 0 radical (unpaired) electrons. The van der Waals surface area contributed by atoms with E-state index < -0.39 is 0 Å². The molecule has 4 nitrogen and oxygen atoms in total. The Hall–Kier alpha value is -1.88. The molecule has 0 unspecified atom stereocenters. The first-order valence-electron chi connectivity index (χ1n) is 5.20. The highest BCUT2D eigenvalue weighted by atomic mass is 32.1. The standard InChI is InChI=1S/C12H13N3OS/c1-8-2-3-10(12(13)17)11(6-8)14-7-9-4-5-16-15-9/h2-6,14H,7H2,1H3,(H2,13,17). The number of aryl methyl sites for hydroxylation is 1. The van der Waals surface area contributed by atoms with Gasteiger partial charge < -0.3 is 15.6 Å². The zero-order valence-electron chi connectivity index (χ0n) is 9.43. The molecule has 0 fully saturated rings. The highest BCUT2D eigenvalue weighted by molar-refractivity contribution is 7.80. The first-order chi connectivity index (χ1) is 8.16. The van der Waals surface area contributed by atoms with Gasteiger partial charge in [-0.05, 0) is 24.6 Å². The molecule has 2 aromatic rings. The zero-order valence-corrected chi connectivity index (χ0v) is 10.3. The molecule has 0 saturated heterocycles. The van der Waals surface area contributed by atoms with Crippen LogP contribution in [0, 0.1) is 6.92 Å². The Kier molecular flexibility index (Phi) is 3.39. The molecule has 0 saturated carbocycles. The lowest BCUT2D eigenvalue weighted by Crippen LogP contribution is -2.13. The van der Waals surface area contributed by atoms with Gasteiger partial charge >= 0.3 is 0 Å². The van der Waals surface area contributed by atoms with Gasteiger partial charge in [0.25, 0.3) is 0 Å². The Balaban J connectivity index is 2.19. The molecule has 1 heterocycles. The summed E-state index contributed by atoms with van der Waals surface area (Å²) in [7, 11) is 0. The summed E-state index contributed by atoms with van der Waals surface area (Å²) in [5.41, 5.74) is 9.41. The lowest BCUT2D eigenvalue weighted by Gasteiger charge is -2.10. The van der Waals surface area contributed by atoms with E-state index in [4.69, 9.17) is 22.5 Å². The number of benzene rings is 1. The van der Waals surface area contributed by atoms with Crippen LogP contribution in [-0.2, 0) is 6.54 Å². The van der Waals surface area contributed by atoms with E-state index in [2.05, 4.69) is 10.5 Å². The summed E-state index contributed by atoms with van der Waals surface area (Å²) in [5.74, 6) is 0. The van der Waals surface area contributed by atoms with Gasteiger partial charge in [-0.15, -0.1) is 0 Å². The number of aromatic nitrogens is 1. The van der Waals surface area contributed by atoms with Gasteiger partial charge in [-0.2, -0.15) is 0 Å². The van der Waals surface area contributed by atoms with Crippen LogP contribution in [0.25, 0.3) is 0 Å². The fourth-order valence-electron chi connectivity index (χ4n) is 1.53. The molecule has 2 rings (SSSR count). The Morgan fingerprint density at radius 2 is 2.29 bits per heavy atom. The fourth-order valence-corrected chi connectivity index (χ4v) is 1.71. The molecule has 1 aromatic carbocycles. The van der Waals surface area contributed by atoms with E-state index in [1.807, 2.05) is 31.2 Å². The van der Waals surface area contributed by atoms with Gasteiger partial charge in [0, 0.05) is 17.3 Å². The third-order valence-corrected chi connectivity index (χ3v) is 2.61. The average molecular weight is 247 g/mol. The number of hydrogen-bond acceptors (Lipinski definition) is 4. The summed E-state index contributed by atoms with van der Waals surface area (Å²) < 4.78 is 4.76. The maximum atomic E-state index is 5.67. The zero-order chi connectivity index (χ0) is 12.3. The second-order valence-electron chi connectivity index (χ2n) is 3.76. The largest absolute Gasteiger partial charge is 0.389 e. The number of nitrogens with one attached hydrogen (secondary N) is 1. The molecule has 3 N–H and O–H groups in total. The van der Waals surface area contributed by atoms with E-state index in [1.165, 1.54) is 0 Å². The van der Waals surface area contributed by atoms with Crippen LogP contribution >= 0.6 is 12.2 Å². The predicted octanol–water partition coefficient (Wildman–Crippen LogP) is 2.23. The number of anilines is 1. The lowest BCUT2D eigenvalue weighted by molar-refractivity contribution is 0.412. The van der Waals surface area contributed by atoms with Crippen molar-refractivity contribution < 1.29 is 4.52 Å². The molecule has 0 bridgehead atoms. The molecule has 1 aromatic heterocycles. The molecule has 88 valence electrons. The second-order valence-corrected chi connectivity index (χ2v) is 4.20. The van der Waals surface area contributed by atoms with Crippen LogP contribution in [0.2, 0.25) is 0 Å². The average Bonchev–Trinajstić information content (AvgIpc) is 2.78. The Morgan fingerprint density at radius 3 is 2.94 bits per heavy atom. The van der Waals surface area contributed by atoms with Crippen LogP contribution in [0.1, 0.15) is 16.8 Å². The van der Waals surface area contributed by atoms with Gasteiger partial charge in [0.2, 0.25) is 0 Å². The minimum atomic E-state index is 0.382. The normalized spacial score (nSPS) is 10.2. The Morgan fingerprint density at radius 1 is 1.47 bits per heavy atom. The van der Waals surface area contributed by atoms with E-state index in [1.54, 1.807) is 6.26 Å². The van der Waals surface area contributed by atoms with E-state index >= 15 is 0 Å². The third kappa shape index (κ3) is 2.82. The summed E-state index contributed by atoms with van der Waals surface area (Å²) in [6.07, 6.45) is 1.54. The molecule has 0 atom stereocenters. The van der Waals surface area contributed by atoms with Crippen LogP contribution in [0.15, 0.2) is 35.1 Å². The maximum Gasteiger partial charge on any atom is 0.124 e. The van der Waals surface area contributed by atoms with E-state index in [9.17, 15) is 0 Å². The summed E-state index contributed by atoms with van der Waals surface area (Å²) in [4.78, 5) is 0.382. The molecule has 0 aliphatic heterocycles. The van der Waals surface area contributed by atoms with Crippen molar-refractivity contribution in [2.45, 2.75) is 13.5 Å². The third-order valence-electron chi connectivity index (χ3n) is 2.39. The number of nitrogens with two attached hydrogens (primary N) is 1. The molecular weight excluding hydrogens is 234 g/mol. The quantitative estimate of drug-likeness (QED) is 0.811. The fraction of sp³-hybridized carbons (Fsp3) is 0.167. The molecule has 0 aliphatic carbocycles. The molecule has 5 heteroatoms. The number of thiocarbonyl (C=S) groups is 1. The van der Waals surface area contributed by atoms with E-state index in [0.29, 0.717) is 11.5 Å². The predicted molar refractivity (Wildman–Crippen MR) is 70.9 cm³/mol. The molecule has 0 aliphatic rings. The smallest absolute Gasteiger partial charge is 0.124 e. The van der Waals surface area contributed by atoms with E-state index in [-0.39, 0.29) is 0 Å². The van der Waals surface area contributed by atoms with Crippen molar-refractivity contribution >= 4 is 22.9 Å². The number of rotatable bonds is 4. The Labute approximate surface area is 105 Å². The Bertz CT molecular complexity index is 523. The van der Waals surface area contributed by atoms with Crippen LogP contribution in [0.4, 0.5) is 5.69 Å². The van der Waals surface area contributed by atoms with Gasteiger partial charge in [-0.3, -0.25) is 0 Å². The van der Waals surface area contributed by atoms with Crippen LogP contribution in [0.3, 0.4) is 0 Å².